The third-order valence-corrected chi connectivity index (χ3v) is 4.44. The van der Waals surface area contributed by atoms with Gasteiger partial charge in [0, 0.05) is 47.6 Å². The van der Waals surface area contributed by atoms with Crippen LogP contribution >= 0.6 is 0 Å². The van der Waals surface area contributed by atoms with E-state index >= 15 is 0 Å². The van der Waals surface area contributed by atoms with Crippen LogP contribution in [0, 0.1) is 13.8 Å². The molecule has 1 aromatic carbocycles. The highest BCUT2D eigenvalue weighted by molar-refractivity contribution is 5.95. The van der Waals surface area contributed by atoms with E-state index in [1.54, 1.807) is 12.4 Å². The van der Waals surface area contributed by atoms with Crippen LogP contribution in [0.15, 0.2) is 48.8 Å². The molecule has 0 saturated heterocycles. The average Bonchev–Trinajstić information content (AvgIpc) is 2.88. The van der Waals surface area contributed by atoms with Crippen molar-refractivity contribution in [1.82, 2.24) is 20.1 Å². The molecule has 1 atom stereocenters. The van der Waals surface area contributed by atoms with Gasteiger partial charge in [0.1, 0.15) is 0 Å². The monoisotopic (exact) mass is 349 g/mol. The first-order valence-electron chi connectivity index (χ1n) is 8.54. The summed E-state index contributed by atoms with van der Waals surface area (Å²) in [7, 11) is 1.91. The van der Waals surface area contributed by atoms with E-state index in [9.17, 15) is 4.79 Å². The number of amides is 1. The normalized spacial score (nSPS) is 11.8. The first-order valence-corrected chi connectivity index (χ1v) is 8.54. The van der Waals surface area contributed by atoms with Crippen LogP contribution in [-0.2, 0) is 7.05 Å². The zero-order chi connectivity index (χ0) is 18.7. The standard InChI is InChI=1S/C20H23N5O/c1-13(19-14(2)24-25(4)15(19)3)22-20(26)16-6-5-7-18(12-16)23-17-8-10-21-11-9-17/h5-13H,1-4H3,(H,21,23)(H,22,26)/t13-/m1/s1. The van der Waals surface area contributed by atoms with Crippen LogP contribution in [0.2, 0.25) is 0 Å². The van der Waals surface area contributed by atoms with Crippen LogP contribution in [0.4, 0.5) is 11.4 Å². The maximum atomic E-state index is 12.7. The molecule has 6 nitrogen and oxygen atoms in total. The molecule has 3 aromatic rings. The van der Waals surface area contributed by atoms with E-state index in [-0.39, 0.29) is 11.9 Å². The van der Waals surface area contributed by atoms with Gasteiger partial charge in [-0.25, -0.2) is 0 Å². The Kier molecular flexibility index (Phi) is 5.02. The molecule has 0 saturated carbocycles. The second-order valence-electron chi connectivity index (χ2n) is 6.34. The lowest BCUT2D eigenvalue weighted by molar-refractivity contribution is 0.0940. The number of hydrogen-bond donors (Lipinski definition) is 2. The molecule has 1 amide bonds. The molecule has 0 aliphatic heterocycles. The zero-order valence-corrected chi connectivity index (χ0v) is 15.4. The van der Waals surface area contributed by atoms with Crippen molar-refractivity contribution in [3.63, 3.8) is 0 Å². The number of aryl methyl sites for hydroxylation is 2. The number of anilines is 2. The number of nitrogens with zero attached hydrogens (tertiary/aromatic N) is 3. The summed E-state index contributed by atoms with van der Waals surface area (Å²) >= 11 is 0. The van der Waals surface area contributed by atoms with Gasteiger partial charge in [-0.3, -0.25) is 14.5 Å². The van der Waals surface area contributed by atoms with Gasteiger partial charge in [0.25, 0.3) is 5.91 Å². The number of carbonyl (C=O) groups excluding carboxylic acids is 1. The molecule has 0 fully saturated rings. The van der Waals surface area contributed by atoms with Crippen molar-refractivity contribution in [3.8, 4) is 0 Å². The molecule has 6 heteroatoms. The fraction of sp³-hybridized carbons (Fsp3) is 0.250. The van der Waals surface area contributed by atoms with Crippen LogP contribution in [-0.4, -0.2) is 20.7 Å². The van der Waals surface area contributed by atoms with E-state index in [1.807, 2.05) is 68.9 Å². The Morgan fingerprint density at radius 2 is 1.85 bits per heavy atom. The Bertz CT molecular complexity index is 917. The third-order valence-electron chi connectivity index (χ3n) is 4.44. The van der Waals surface area contributed by atoms with E-state index in [4.69, 9.17) is 0 Å². The molecule has 0 unspecified atom stereocenters. The number of nitrogens with one attached hydrogen (secondary N) is 2. The van der Waals surface area contributed by atoms with Gasteiger partial charge in [-0.05, 0) is 51.1 Å². The maximum Gasteiger partial charge on any atom is 0.251 e. The molecule has 0 spiro atoms. The summed E-state index contributed by atoms with van der Waals surface area (Å²) in [6.07, 6.45) is 3.44. The first-order chi connectivity index (χ1) is 12.5. The summed E-state index contributed by atoms with van der Waals surface area (Å²) in [5, 5.41) is 10.8. The molecule has 2 heterocycles. The molecule has 134 valence electrons. The van der Waals surface area contributed by atoms with Crippen molar-refractivity contribution in [2.24, 2.45) is 7.05 Å². The minimum Gasteiger partial charge on any atom is -0.355 e. The summed E-state index contributed by atoms with van der Waals surface area (Å²) in [6.45, 7) is 5.95. The van der Waals surface area contributed by atoms with Crippen molar-refractivity contribution in [3.05, 3.63) is 71.3 Å². The summed E-state index contributed by atoms with van der Waals surface area (Å²) in [6, 6.07) is 11.1. The summed E-state index contributed by atoms with van der Waals surface area (Å²) in [5.74, 6) is -0.112. The molecule has 2 aromatic heterocycles. The molecular weight excluding hydrogens is 326 g/mol. The molecular formula is C20H23N5O. The molecule has 2 N–H and O–H groups in total. The van der Waals surface area contributed by atoms with Gasteiger partial charge in [0.05, 0.1) is 11.7 Å². The predicted octanol–water partition coefficient (Wildman–Crippen LogP) is 3.67. The largest absolute Gasteiger partial charge is 0.355 e. The lowest BCUT2D eigenvalue weighted by atomic mass is 10.1. The second kappa shape index (κ2) is 7.39. The van der Waals surface area contributed by atoms with Crippen LogP contribution in [0.3, 0.4) is 0 Å². The number of rotatable bonds is 5. The topological polar surface area (TPSA) is 71.8 Å². The lowest BCUT2D eigenvalue weighted by Crippen LogP contribution is -2.27. The van der Waals surface area contributed by atoms with E-state index in [0.717, 1.165) is 28.3 Å². The van der Waals surface area contributed by atoms with Crippen molar-refractivity contribution < 1.29 is 4.79 Å². The van der Waals surface area contributed by atoms with E-state index < -0.39 is 0 Å². The van der Waals surface area contributed by atoms with E-state index in [0.29, 0.717) is 5.56 Å². The molecule has 0 bridgehead atoms. The molecule has 26 heavy (non-hydrogen) atoms. The Morgan fingerprint density at radius 1 is 1.12 bits per heavy atom. The van der Waals surface area contributed by atoms with E-state index in [1.165, 1.54) is 0 Å². The lowest BCUT2D eigenvalue weighted by Gasteiger charge is -2.15. The molecule has 3 rings (SSSR count). The minimum atomic E-state index is -0.118. The number of benzene rings is 1. The Hall–Kier alpha value is -3.15. The summed E-state index contributed by atoms with van der Waals surface area (Å²) < 4.78 is 1.84. The fourth-order valence-electron chi connectivity index (χ4n) is 3.11. The number of pyridine rings is 1. The van der Waals surface area contributed by atoms with Gasteiger partial charge in [-0.2, -0.15) is 5.10 Å². The Labute approximate surface area is 153 Å². The summed E-state index contributed by atoms with van der Waals surface area (Å²) in [5.41, 5.74) is 5.44. The minimum absolute atomic E-state index is 0.112. The number of carbonyl (C=O) groups is 1. The van der Waals surface area contributed by atoms with Gasteiger partial charge in [-0.15, -0.1) is 0 Å². The summed E-state index contributed by atoms with van der Waals surface area (Å²) in [4.78, 5) is 16.7. The van der Waals surface area contributed by atoms with E-state index in [2.05, 4.69) is 20.7 Å². The van der Waals surface area contributed by atoms with Gasteiger partial charge < -0.3 is 10.6 Å². The number of hydrogen-bond acceptors (Lipinski definition) is 4. The molecule has 0 radical (unpaired) electrons. The maximum absolute atomic E-state index is 12.7. The zero-order valence-electron chi connectivity index (χ0n) is 15.4. The SMILES string of the molecule is Cc1nn(C)c(C)c1[C@@H](C)NC(=O)c1cccc(Nc2ccncc2)c1. The van der Waals surface area contributed by atoms with Gasteiger partial charge in [-0.1, -0.05) is 6.07 Å². The van der Waals surface area contributed by atoms with Crippen LogP contribution in [0.5, 0.6) is 0 Å². The average molecular weight is 349 g/mol. The third kappa shape index (κ3) is 3.74. The Balaban J connectivity index is 1.74. The van der Waals surface area contributed by atoms with Crippen LogP contribution in [0.1, 0.15) is 40.3 Å². The van der Waals surface area contributed by atoms with Crippen LogP contribution in [0.25, 0.3) is 0 Å². The van der Waals surface area contributed by atoms with Crippen LogP contribution < -0.4 is 10.6 Å². The first kappa shape index (κ1) is 17.7. The Morgan fingerprint density at radius 3 is 2.50 bits per heavy atom. The smallest absolute Gasteiger partial charge is 0.251 e. The van der Waals surface area contributed by atoms with Gasteiger partial charge in [0.2, 0.25) is 0 Å². The second-order valence-corrected chi connectivity index (χ2v) is 6.34. The molecule has 0 aliphatic carbocycles. The fourth-order valence-corrected chi connectivity index (χ4v) is 3.11. The predicted molar refractivity (Wildman–Crippen MR) is 103 cm³/mol. The van der Waals surface area contributed by atoms with Crippen molar-refractivity contribution >= 4 is 17.3 Å². The quantitative estimate of drug-likeness (QED) is 0.737. The van der Waals surface area contributed by atoms with Crippen molar-refractivity contribution in [2.45, 2.75) is 26.8 Å². The highest BCUT2D eigenvalue weighted by Crippen LogP contribution is 2.22. The molecule has 0 aliphatic rings. The van der Waals surface area contributed by atoms with Gasteiger partial charge in [0.15, 0.2) is 0 Å². The van der Waals surface area contributed by atoms with Crippen molar-refractivity contribution in [1.29, 1.82) is 0 Å². The highest BCUT2D eigenvalue weighted by Gasteiger charge is 2.18. The van der Waals surface area contributed by atoms with Crippen molar-refractivity contribution in [2.75, 3.05) is 5.32 Å². The number of aromatic nitrogens is 3. The highest BCUT2D eigenvalue weighted by atomic mass is 16.1. The van der Waals surface area contributed by atoms with Gasteiger partial charge >= 0.3 is 0 Å².